The van der Waals surface area contributed by atoms with Crippen LogP contribution in [0.3, 0.4) is 0 Å². The highest BCUT2D eigenvalue weighted by Gasteiger charge is 2.04. The third kappa shape index (κ3) is 3.72. The van der Waals surface area contributed by atoms with Gasteiger partial charge < -0.3 is 9.47 Å². The lowest BCUT2D eigenvalue weighted by Gasteiger charge is -2.04. The third-order valence-electron chi connectivity index (χ3n) is 1.67. The lowest BCUT2D eigenvalue weighted by atomic mass is 10.2. The van der Waals surface area contributed by atoms with Crippen molar-refractivity contribution in [2.45, 2.75) is 0 Å². The minimum absolute atomic E-state index is 0.289. The molecule has 1 aromatic rings. The summed E-state index contributed by atoms with van der Waals surface area (Å²) in [6.45, 7) is 0.818. The van der Waals surface area contributed by atoms with Gasteiger partial charge in [-0.1, -0.05) is 18.2 Å². The van der Waals surface area contributed by atoms with Gasteiger partial charge in [-0.2, -0.15) is 0 Å². The molecule has 0 aliphatic heterocycles. The van der Waals surface area contributed by atoms with Crippen molar-refractivity contribution in [3.8, 4) is 0 Å². The van der Waals surface area contributed by atoms with Crippen LogP contribution < -0.4 is 0 Å². The molecule has 0 saturated carbocycles. The van der Waals surface area contributed by atoms with Crippen molar-refractivity contribution in [2.75, 3.05) is 19.4 Å². The minimum Gasteiger partial charge on any atom is -0.460 e. The van der Waals surface area contributed by atoms with Gasteiger partial charge in [0.1, 0.15) is 6.61 Å². The summed E-state index contributed by atoms with van der Waals surface area (Å²) in [4.78, 5) is 11.3. The van der Waals surface area contributed by atoms with Gasteiger partial charge in [0.05, 0.1) is 12.2 Å². The van der Waals surface area contributed by atoms with Crippen LogP contribution in [0.15, 0.2) is 30.3 Å². The van der Waals surface area contributed by atoms with Crippen LogP contribution >= 0.6 is 0 Å². The van der Waals surface area contributed by atoms with Crippen molar-refractivity contribution < 1.29 is 14.3 Å². The summed E-state index contributed by atoms with van der Waals surface area (Å²) < 4.78 is 10.1. The van der Waals surface area contributed by atoms with Crippen LogP contribution in [0.25, 0.3) is 0 Å². The molecule has 0 amide bonds. The molecule has 0 atom stereocenters. The van der Waals surface area contributed by atoms with Gasteiger partial charge in [0.15, 0.2) is 0 Å². The number of rotatable bonds is 5. The standard InChI is InChI=1S/C10H14O3Si/c11-10(13-7-6-12-8-14)9-4-2-1-3-5-9/h1-5H,6-8H2,14H3. The number of hydrogen-bond acceptors (Lipinski definition) is 3. The Hall–Kier alpha value is -1.13. The van der Waals surface area contributed by atoms with E-state index in [9.17, 15) is 4.79 Å². The van der Waals surface area contributed by atoms with Crippen molar-refractivity contribution in [1.29, 1.82) is 0 Å². The number of ether oxygens (including phenoxy) is 2. The summed E-state index contributed by atoms with van der Waals surface area (Å²) >= 11 is 0. The number of hydrogen-bond donors (Lipinski definition) is 0. The second-order valence-corrected chi connectivity index (χ2v) is 3.28. The van der Waals surface area contributed by atoms with Gasteiger partial charge in [-0.15, -0.1) is 0 Å². The lowest BCUT2D eigenvalue weighted by Crippen LogP contribution is -2.11. The highest BCUT2D eigenvalue weighted by atomic mass is 28.1. The minimum atomic E-state index is -0.289. The SMILES string of the molecule is O=C(OCCOC[SiH3])c1ccccc1. The molecule has 0 unspecified atom stereocenters. The van der Waals surface area contributed by atoms with E-state index in [1.165, 1.54) is 0 Å². The first-order valence-corrected chi connectivity index (χ1v) is 6.06. The molecule has 0 aromatic heterocycles. The summed E-state index contributed by atoms with van der Waals surface area (Å²) in [6.07, 6.45) is 0.781. The van der Waals surface area contributed by atoms with E-state index < -0.39 is 0 Å². The van der Waals surface area contributed by atoms with Gasteiger partial charge in [0.25, 0.3) is 0 Å². The molecule has 0 bridgehead atoms. The van der Waals surface area contributed by atoms with Crippen molar-refractivity contribution in [2.24, 2.45) is 0 Å². The maximum Gasteiger partial charge on any atom is 0.338 e. The number of carbonyl (C=O) groups excluding carboxylic acids is 1. The zero-order valence-electron chi connectivity index (χ0n) is 8.23. The first-order valence-electron chi connectivity index (χ1n) is 4.64. The third-order valence-corrected chi connectivity index (χ3v) is 2.08. The van der Waals surface area contributed by atoms with Crippen LogP contribution in [0.4, 0.5) is 0 Å². The van der Waals surface area contributed by atoms with Crippen molar-refractivity contribution in [3.63, 3.8) is 0 Å². The Kier molecular flexibility index (Phi) is 4.96. The van der Waals surface area contributed by atoms with Crippen LogP contribution in [0.5, 0.6) is 0 Å². The summed E-state index contributed by atoms with van der Waals surface area (Å²) in [5.41, 5.74) is 0.582. The molecule has 1 aromatic carbocycles. The van der Waals surface area contributed by atoms with E-state index in [4.69, 9.17) is 9.47 Å². The molecular weight excluding hydrogens is 196 g/mol. The number of benzene rings is 1. The predicted octanol–water partition coefficient (Wildman–Crippen LogP) is 0.183. The van der Waals surface area contributed by atoms with Gasteiger partial charge in [-0.05, 0) is 12.1 Å². The van der Waals surface area contributed by atoms with Crippen LogP contribution in [-0.2, 0) is 9.47 Å². The summed E-state index contributed by atoms with van der Waals surface area (Å²) in [7, 11) is 1.02. The molecule has 0 spiro atoms. The molecule has 0 fully saturated rings. The smallest absolute Gasteiger partial charge is 0.338 e. The first-order chi connectivity index (χ1) is 6.84. The summed E-state index contributed by atoms with van der Waals surface area (Å²) in [5, 5.41) is 0. The summed E-state index contributed by atoms with van der Waals surface area (Å²) in [6, 6.07) is 8.95. The van der Waals surface area contributed by atoms with E-state index in [0.29, 0.717) is 18.8 Å². The molecule has 3 nitrogen and oxygen atoms in total. The monoisotopic (exact) mass is 210 g/mol. The van der Waals surface area contributed by atoms with Crippen LogP contribution in [-0.4, -0.2) is 35.7 Å². The Morgan fingerprint density at radius 2 is 1.93 bits per heavy atom. The zero-order chi connectivity index (χ0) is 10.2. The molecule has 14 heavy (non-hydrogen) atoms. The van der Waals surface area contributed by atoms with E-state index >= 15 is 0 Å². The fourth-order valence-electron chi connectivity index (χ4n) is 0.995. The molecule has 0 heterocycles. The molecule has 0 aliphatic carbocycles. The first kappa shape index (κ1) is 10.9. The van der Waals surface area contributed by atoms with E-state index in [0.717, 1.165) is 16.5 Å². The van der Waals surface area contributed by atoms with Gasteiger partial charge in [-0.3, -0.25) is 0 Å². The highest BCUT2D eigenvalue weighted by Crippen LogP contribution is 2.00. The Balaban J connectivity index is 2.29. The normalized spacial score (nSPS) is 10.0. The second-order valence-electron chi connectivity index (χ2n) is 2.70. The number of carbonyl (C=O) groups is 1. The molecule has 1 rings (SSSR count). The predicted molar refractivity (Wildman–Crippen MR) is 57.5 cm³/mol. The Labute approximate surface area is 86.5 Å². The average Bonchev–Trinajstić information content (AvgIpc) is 2.25. The lowest BCUT2D eigenvalue weighted by molar-refractivity contribution is 0.0370. The number of esters is 1. The zero-order valence-corrected chi connectivity index (χ0v) is 10.2. The Morgan fingerprint density at radius 1 is 1.21 bits per heavy atom. The van der Waals surface area contributed by atoms with Crippen LogP contribution in [0.1, 0.15) is 10.4 Å². The molecule has 0 radical (unpaired) electrons. The van der Waals surface area contributed by atoms with E-state index in [1.54, 1.807) is 12.1 Å². The van der Waals surface area contributed by atoms with Gasteiger partial charge >= 0.3 is 5.97 Å². The Bertz CT molecular complexity index is 274. The van der Waals surface area contributed by atoms with Crippen molar-refractivity contribution >= 4 is 16.2 Å². The second kappa shape index (κ2) is 6.34. The van der Waals surface area contributed by atoms with Crippen molar-refractivity contribution in [1.82, 2.24) is 0 Å². The fraction of sp³-hybridized carbons (Fsp3) is 0.300. The highest BCUT2D eigenvalue weighted by molar-refractivity contribution is 6.08. The largest absolute Gasteiger partial charge is 0.460 e. The van der Waals surface area contributed by atoms with Gasteiger partial charge in [-0.25, -0.2) is 4.79 Å². The quantitative estimate of drug-likeness (QED) is 0.395. The van der Waals surface area contributed by atoms with E-state index in [-0.39, 0.29) is 5.97 Å². The average molecular weight is 210 g/mol. The van der Waals surface area contributed by atoms with Gasteiger partial charge in [0.2, 0.25) is 0 Å². The molecule has 76 valence electrons. The van der Waals surface area contributed by atoms with Gasteiger partial charge in [0, 0.05) is 16.5 Å². The van der Waals surface area contributed by atoms with E-state index in [1.807, 2.05) is 18.2 Å². The Morgan fingerprint density at radius 3 is 2.57 bits per heavy atom. The maximum atomic E-state index is 11.3. The van der Waals surface area contributed by atoms with E-state index in [2.05, 4.69) is 0 Å². The molecular formula is C10H14O3Si. The summed E-state index contributed by atoms with van der Waals surface area (Å²) in [5.74, 6) is -0.289. The molecule has 0 aliphatic rings. The van der Waals surface area contributed by atoms with Crippen LogP contribution in [0.2, 0.25) is 0 Å². The fourth-order valence-corrected chi connectivity index (χ4v) is 1.28. The molecule has 4 heteroatoms. The molecule has 0 N–H and O–H groups in total. The van der Waals surface area contributed by atoms with Crippen molar-refractivity contribution in [3.05, 3.63) is 35.9 Å². The maximum absolute atomic E-state index is 11.3. The van der Waals surface area contributed by atoms with Crippen LogP contribution in [0, 0.1) is 0 Å². The molecule has 0 saturated heterocycles. The topological polar surface area (TPSA) is 35.5 Å².